The second-order valence-corrected chi connectivity index (χ2v) is 10.1. The van der Waals surface area contributed by atoms with Crippen LogP contribution in [0.25, 0.3) is 16.2 Å². The molecule has 0 saturated carbocycles. The van der Waals surface area contributed by atoms with Crippen molar-refractivity contribution in [1.29, 1.82) is 0 Å². The average Bonchev–Trinajstić information content (AvgIpc) is 3.35. The van der Waals surface area contributed by atoms with Crippen LogP contribution in [0.1, 0.15) is 16.0 Å². The number of hydrogen-bond acceptors (Lipinski definition) is 4. The zero-order valence-corrected chi connectivity index (χ0v) is 20.1. The van der Waals surface area contributed by atoms with Crippen molar-refractivity contribution in [2.75, 3.05) is 0 Å². The van der Waals surface area contributed by atoms with Crippen molar-refractivity contribution in [3.8, 4) is 11.3 Å². The first-order chi connectivity index (χ1) is 16.0. The molecule has 9 heteroatoms. The van der Waals surface area contributed by atoms with E-state index in [2.05, 4.69) is 10.2 Å². The molecule has 3 aromatic carbocycles. The van der Waals surface area contributed by atoms with E-state index in [4.69, 9.17) is 23.2 Å². The number of aromatic nitrogens is 3. The van der Waals surface area contributed by atoms with Crippen molar-refractivity contribution in [2.45, 2.75) is 17.3 Å². The Morgan fingerprint density at radius 2 is 1.67 bits per heavy atom. The predicted molar refractivity (Wildman–Crippen MR) is 131 cm³/mol. The fraction of sp³-hybridized carbons (Fsp3) is 0.0833. The van der Waals surface area contributed by atoms with E-state index in [9.17, 15) is 8.78 Å². The first-order valence-electron chi connectivity index (χ1n) is 9.92. The molecule has 3 nitrogen and oxygen atoms in total. The molecule has 5 aromatic rings. The van der Waals surface area contributed by atoms with E-state index in [1.165, 1.54) is 41.3 Å². The Kier molecular flexibility index (Phi) is 6.38. The Labute approximate surface area is 207 Å². The molecule has 0 fully saturated rings. The summed E-state index contributed by atoms with van der Waals surface area (Å²) in [6, 6.07) is 18.6. The predicted octanol–water partition coefficient (Wildman–Crippen LogP) is 7.93. The van der Waals surface area contributed by atoms with Gasteiger partial charge in [-0.1, -0.05) is 64.5 Å². The molecule has 0 amide bonds. The number of halogens is 4. The highest BCUT2D eigenvalue weighted by atomic mass is 35.5. The van der Waals surface area contributed by atoms with Gasteiger partial charge in [0.05, 0.1) is 5.69 Å². The second-order valence-electron chi connectivity index (χ2n) is 7.27. The molecule has 33 heavy (non-hydrogen) atoms. The Hall–Kier alpha value is -2.45. The van der Waals surface area contributed by atoms with Crippen LogP contribution in [0.15, 0.2) is 71.9 Å². The molecule has 166 valence electrons. The Balaban J connectivity index is 1.58. The molecule has 5 rings (SSSR count). The van der Waals surface area contributed by atoms with E-state index in [1.54, 1.807) is 24.3 Å². The first-order valence-corrected chi connectivity index (χ1v) is 12.5. The van der Waals surface area contributed by atoms with Gasteiger partial charge in [-0.3, -0.25) is 4.40 Å². The molecule has 2 heterocycles. The van der Waals surface area contributed by atoms with Gasteiger partial charge in [-0.05, 0) is 59.7 Å². The molecule has 0 spiro atoms. The van der Waals surface area contributed by atoms with E-state index in [0.717, 1.165) is 21.7 Å². The van der Waals surface area contributed by atoms with Crippen LogP contribution < -0.4 is 0 Å². The third kappa shape index (κ3) is 4.64. The number of rotatable bonds is 6. The van der Waals surface area contributed by atoms with Gasteiger partial charge in [0.15, 0.2) is 5.16 Å². The molecule has 0 atom stereocenters. The molecule has 0 saturated heterocycles. The largest absolute Gasteiger partial charge is 0.260 e. The molecular formula is C24H15Cl2F2N3S2. The summed E-state index contributed by atoms with van der Waals surface area (Å²) < 4.78 is 29.9. The molecule has 0 N–H and O–H groups in total. The van der Waals surface area contributed by atoms with Crippen LogP contribution in [0.3, 0.4) is 0 Å². The highest BCUT2D eigenvalue weighted by molar-refractivity contribution is 7.98. The highest BCUT2D eigenvalue weighted by Crippen LogP contribution is 2.37. The smallest absolute Gasteiger partial charge is 0.217 e. The average molecular weight is 518 g/mol. The van der Waals surface area contributed by atoms with Gasteiger partial charge in [0.2, 0.25) is 4.96 Å². The molecular weight excluding hydrogens is 503 g/mol. The van der Waals surface area contributed by atoms with Crippen molar-refractivity contribution in [3.05, 3.63) is 104 Å². The van der Waals surface area contributed by atoms with Gasteiger partial charge in [0.25, 0.3) is 0 Å². The van der Waals surface area contributed by atoms with Crippen molar-refractivity contribution < 1.29 is 8.78 Å². The lowest BCUT2D eigenvalue weighted by Crippen LogP contribution is -1.96. The monoisotopic (exact) mass is 517 g/mol. The zero-order chi connectivity index (χ0) is 22.9. The summed E-state index contributed by atoms with van der Waals surface area (Å²) in [6.07, 6.45) is 0.654. The number of hydrogen-bond donors (Lipinski definition) is 0. The minimum absolute atomic E-state index is 0.303. The van der Waals surface area contributed by atoms with Crippen LogP contribution >= 0.6 is 46.3 Å². The van der Waals surface area contributed by atoms with E-state index >= 15 is 0 Å². The van der Waals surface area contributed by atoms with Gasteiger partial charge in [0.1, 0.15) is 11.6 Å². The van der Waals surface area contributed by atoms with E-state index in [1.807, 2.05) is 28.7 Å². The topological polar surface area (TPSA) is 30.2 Å². The summed E-state index contributed by atoms with van der Waals surface area (Å²) in [5.41, 5.74) is 3.24. The van der Waals surface area contributed by atoms with E-state index in [0.29, 0.717) is 37.9 Å². The Bertz CT molecular complexity index is 1410. The fourth-order valence-corrected chi connectivity index (χ4v) is 6.08. The van der Waals surface area contributed by atoms with Crippen LogP contribution in [-0.4, -0.2) is 14.6 Å². The van der Waals surface area contributed by atoms with Crippen molar-refractivity contribution in [3.63, 3.8) is 0 Å². The molecule has 0 unspecified atom stereocenters. The number of benzene rings is 3. The van der Waals surface area contributed by atoms with Crippen LogP contribution in [0.5, 0.6) is 0 Å². The summed E-state index contributed by atoms with van der Waals surface area (Å²) in [5, 5.41) is 10.3. The van der Waals surface area contributed by atoms with Crippen LogP contribution in [0.2, 0.25) is 10.0 Å². The van der Waals surface area contributed by atoms with Crippen LogP contribution in [0.4, 0.5) is 8.78 Å². The highest BCUT2D eigenvalue weighted by Gasteiger charge is 2.21. The van der Waals surface area contributed by atoms with Crippen molar-refractivity contribution >= 4 is 51.3 Å². The SMILES string of the molecule is Fc1ccc(-c2c(Cc3ccc(Cl)cc3)sc3nnc(SCc4c(F)cccc4Cl)n23)cc1. The number of fused-ring (bicyclic) bond motifs is 1. The van der Waals surface area contributed by atoms with Gasteiger partial charge >= 0.3 is 0 Å². The zero-order valence-electron chi connectivity index (χ0n) is 16.9. The maximum absolute atomic E-state index is 14.3. The Morgan fingerprint density at radius 3 is 2.39 bits per heavy atom. The van der Waals surface area contributed by atoms with Crippen LogP contribution in [-0.2, 0) is 12.2 Å². The summed E-state index contributed by atoms with van der Waals surface area (Å²) in [6.45, 7) is 0. The number of thiazole rings is 1. The Morgan fingerprint density at radius 1 is 0.909 bits per heavy atom. The van der Waals surface area contributed by atoms with E-state index in [-0.39, 0.29) is 11.6 Å². The summed E-state index contributed by atoms with van der Waals surface area (Å²) >= 11 is 15.1. The van der Waals surface area contributed by atoms with Gasteiger partial charge in [-0.15, -0.1) is 10.2 Å². The first kappa shape index (κ1) is 22.3. The standard InChI is InChI=1S/C24H15Cl2F2N3S2/c25-16-8-4-14(5-9-16)12-21-22(15-6-10-17(27)11-7-15)31-23(29-30-24(31)33-21)32-13-18-19(26)2-1-3-20(18)28/h1-11H,12-13H2. The van der Waals surface area contributed by atoms with Crippen LogP contribution in [0, 0.1) is 11.6 Å². The van der Waals surface area contributed by atoms with Crippen molar-refractivity contribution in [1.82, 2.24) is 14.6 Å². The number of nitrogens with zero attached hydrogens (tertiary/aromatic N) is 3. The van der Waals surface area contributed by atoms with E-state index < -0.39 is 0 Å². The lowest BCUT2D eigenvalue weighted by atomic mass is 10.1. The lowest BCUT2D eigenvalue weighted by Gasteiger charge is -2.08. The van der Waals surface area contributed by atoms with Gasteiger partial charge in [0, 0.05) is 32.7 Å². The maximum atomic E-state index is 14.3. The lowest BCUT2D eigenvalue weighted by molar-refractivity contribution is 0.617. The summed E-state index contributed by atoms with van der Waals surface area (Å²) in [7, 11) is 0. The molecule has 0 aliphatic rings. The minimum Gasteiger partial charge on any atom is -0.260 e. The third-order valence-electron chi connectivity index (χ3n) is 5.11. The molecule has 0 bridgehead atoms. The molecule has 0 aliphatic carbocycles. The minimum atomic E-state index is -0.358. The summed E-state index contributed by atoms with van der Waals surface area (Å²) in [5.74, 6) is -0.363. The van der Waals surface area contributed by atoms with Gasteiger partial charge in [-0.2, -0.15) is 0 Å². The van der Waals surface area contributed by atoms with Gasteiger partial charge in [-0.25, -0.2) is 8.78 Å². The quantitative estimate of drug-likeness (QED) is 0.214. The molecule has 0 radical (unpaired) electrons. The third-order valence-corrected chi connectivity index (χ3v) is 7.70. The van der Waals surface area contributed by atoms with Gasteiger partial charge < -0.3 is 0 Å². The van der Waals surface area contributed by atoms with Crippen molar-refractivity contribution in [2.24, 2.45) is 0 Å². The normalized spacial score (nSPS) is 11.4. The number of thioether (sulfide) groups is 1. The maximum Gasteiger partial charge on any atom is 0.217 e. The second kappa shape index (κ2) is 9.43. The molecule has 0 aliphatic heterocycles. The summed E-state index contributed by atoms with van der Waals surface area (Å²) in [4.78, 5) is 1.76. The molecule has 2 aromatic heterocycles. The fourth-order valence-electron chi connectivity index (χ4n) is 3.50.